The SMILES string of the molecule is CC(C)(CCBr)NC(=O)c1cc(Cl)ccc1Cl. The minimum Gasteiger partial charge on any atom is -0.347 e. The van der Waals surface area contributed by atoms with Crippen LogP contribution in [0.1, 0.15) is 30.6 Å². The summed E-state index contributed by atoms with van der Waals surface area (Å²) in [5, 5.41) is 4.65. The lowest BCUT2D eigenvalue weighted by molar-refractivity contribution is 0.0912. The smallest absolute Gasteiger partial charge is 0.253 e. The van der Waals surface area contributed by atoms with E-state index in [0.29, 0.717) is 15.6 Å². The Morgan fingerprint density at radius 3 is 2.65 bits per heavy atom. The van der Waals surface area contributed by atoms with Crippen LogP contribution < -0.4 is 5.32 Å². The molecule has 0 radical (unpaired) electrons. The average Bonchev–Trinajstić information content (AvgIpc) is 2.20. The molecule has 0 aliphatic carbocycles. The maximum atomic E-state index is 12.0. The Morgan fingerprint density at radius 1 is 1.41 bits per heavy atom. The first kappa shape index (κ1) is 14.8. The highest BCUT2D eigenvalue weighted by Crippen LogP contribution is 2.21. The molecule has 1 N–H and O–H groups in total. The zero-order valence-corrected chi connectivity index (χ0v) is 12.8. The van der Waals surface area contributed by atoms with Gasteiger partial charge in [-0.3, -0.25) is 4.79 Å². The van der Waals surface area contributed by atoms with Gasteiger partial charge in [-0.1, -0.05) is 39.1 Å². The molecule has 5 heteroatoms. The molecule has 1 aromatic rings. The van der Waals surface area contributed by atoms with E-state index in [1.54, 1.807) is 18.2 Å². The van der Waals surface area contributed by atoms with Crippen molar-refractivity contribution in [3.63, 3.8) is 0 Å². The molecule has 0 saturated carbocycles. The quantitative estimate of drug-likeness (QED) is 0.815. The van der Waals surface area contributed by atoms with Gasteiger partial charge < -0.3 is 5.32 Å². The van der Waals surface area contributed by atoms with Crippen molar-refractivity contribution in [2.24, 2.45) is 0 Å². The number of hydrogen-bond acceptors (Lipinski definition) is 1. The normalized spacial score (nSPS) is 11.4. The van der Waals surface area contributed by atoms with Crippen molar-refractivity contribution in [1.29, 1.82) is 0 Å². The van der Waals surface area contributed by atoms with E-state index in [1.807, 2.05) is 13.8 Å². The highest BCUT2D eigenvalue weighted by molar-refractivity contribution is 9.09. The van der Waals surface area contributed by atoms with Crippen LogP contribution in [0.15, 0.2) is 18.2 Å². The topological polar surface area (TPSA) is 29.1 Å². The van der Waals surface area contributed by atoms with E-state index in [4.69, 9.17) is 23.2 Å². The Morgan fingerprint density at radius 2 is 2.06 bits per heavy atom. The van der Waals surface area contributed by atoms with Crippen molar-refractivity contribution in [2.75, 3.05) is 5.33 Å². The van der Waals surface area contributed by atoms with Gasteiger partial charge in [-0.25, -0.2) is 0 Å². The number of hydrogen-bond donors (Lipinski definition) is 1. The molecule has 0 fully saturated rings. The fraction of sp³-hybridized carbons (Fsp3) is 0.417. The Kier molecular flexibility index (Phi) is 5.29. The molecule has 0 saturated heterocycles. The zero-order valence-electron chi connectivity index (χ0n) is 9.69. The molecule has 1 rings (SSSR count). The number of nitrogens with one attached hydrogen (secondary N) is 1. The van der Waals surface area contributed by atoms with E-state index in [0.717, 1.165) is 11.8 Å². The van der Waals surface area contributed by atoms with E-state index in [2.05, 4.69) is 21.2 Å². The second-order valence-electron chi connectivity index (χ2n) is 4.40. The number of halogens is 3. The number of amides is 1. The number of rotatable bonds is 4. The van der Waals surface area contributed by atoms with Crippen LogP contribution in [0.4, 0.5) is 0 Å². The first-order valence-corrected chi connectivity index (χ1v) is 7.07. The second kappa shape index (κ2) is 6.07. The summed E-state index contributed by atoms with van der Waals surface area (Å²) in [5.74, 6) is -0.205. The van der Waals surface area contributed by atoms with Crippen molar-refractivity contribution < 1.29 is 4.79 Å². The first-order valence-electron chi connectivity index (χ1n) is 5.19. The minimum absolute atomic E-state index is 0.205. The third-order valence-corrected chi connectivity index (χ3v) is 3.31. The highest BCUT2D eigenvalue weighted by Gasteiger charge is 2.21. The van der Waals surface area contributed by atoms with Gasteiger partial charge >= 0.3 is 0 Å². The standard InChI is InChI=1S/C12H14BrCl2NO/c1-12(2,5-6-13)16-11(17)9-7-8(14)3-4-10(9)15/h3-4,7H,5-6H2,1-2H3,(H,16,17). The summed E-state index contributed by atoms with van der Waals surface area (Å²) in [4.78, 5) is 12.0. The molecule has 0 bridgehead atoms. The molecule has 1 aromatic carbocycles. The lowest BCUT2D eigenvalue weighted by Crippen LogP contribution is -2.43. The van der Waals surface area contributed by atoms with Gasteiger partial charge in [0.1, 0.15) is 0 Å². The summed E-state index contributed by atoms with van der Waals surface area (Å²) in [6, 6.07) is 4.85. The molecule has 0 aliphatic heterocycles. The molecule has 0 atom stereocenters. The monoisotopic (exact) mass is 337 g/mol. The zero-order chi connectivity index (χ0) is 13.1. The van der Waals surface area contributed by atoms with Gasteiger partial charge in [0, 0.05) is 15.9 Å². The van der Waals surface area contributed by atoms with Crippen LogP contribution in [0.3, 0.4) is 0 Å². The highest BCUT2D eigenvalue weighted by atomic mass is 79.9. The summed E-state index contributed by atoms with van der Waals surface area (Å²) < 4.78 is 0. The minimum atomic E-state index is -0.285. The molecule has 0 unspecified atom stereocenters. The predicted molar refractivity (Wildman–Crippen MR) is 76.4 cm³/mol. The molecular formula is C12H14BrCl2NO. The largest absolute Gasteiger partial charge is 0.347 e. The first-order chi connectivity index (χ1) is 7.85. The fourth-order valence-electron chi connectivity index (χ4n) is 1.34. The van der Waals surface area contributed by atoms with Crippen molar-refractivity contribution in [2.45, 2.75) is 25.8 Å². The summed E-state index contributed by atoms with van der Waals surface area (Å²) in [6.45, 7) is 3.93. The van der Waals surface area contributed by atoms with Gasteiger partial charge in [-0.2, -0.15) is 0 Å². The van der Waals surface area contributed by atoms with Gasteiger partial charge in [0.15, 0.2) is 0 Å². The number of carbonyl (C=O) groups excluding carboxylic acids is 1. The van der Waals surface area contributed by atoms with Crippen LogP contribution in [0.2, 0.25) is 10.0 Å². The molecule has 0 aliphatic rings. The average molecular weight is 339 g/mol. The molecule has 2 nitrogen and oxygen atoms in total. The van der Waals surface area contributed by atoms with E-state index >= 15 is 0 Å². The Labute approximate surface area is 120 Å². The lowest BCUT2D eigenvalue weighted by atomic mass is 10.0. The van der Waals surface area contributed by atoms with Crippen LogP contribution in [-0.4, -0.2) is 16.8 Å². The van der Waals surface area contributed by atoms with E-state index in [-0.39, 0.29) is 11.4 Å². The molecule has 1 amide bonds. The van der Waals surface area contributed by atoms with Crippen molar-refractivity contribution >= 4 is 45.0 Å². The Balaban J connectivity index is 2.86. The Bertz CT molecular complexity index is 421. The van der Waals surface area contributed by atoms with Gasteiger partial charge in [0.05, 0.1) is 10.6 Å². The van der Waals surface area contributed by atoms with Crippen molar-refractivity contribution in [3.05, 3.63) is 33.8 Å². The lowest BCUT2D eigenvalue weighted by Gasteiger charge is -2.25. The van der Waals surface area contributed by atoms with Crippen molar-refractivity contribution in [3.8, 4) is 0 Å². The molecule has 94 valence electrons. The molecule has 0 spiro atoms. The number of alkyl halides is 1. The van der Waals surface area contributed by atoms with Crippen LogP contribution in [0.25, 0.3) is 0 Å². The Hall–Kier alpha value is -0.250. The van der Waals surface area contributed by atoms with Gasteiger partial charge in [-0.05, 0) is 38.5 Å². The van der Waals surface area contributed by atoms with Crippen LogP contribution in [0, 0.1) is 0 Å². The van der Waals surface area contributed by atoms with Crippen molar-refractivity contribution in [1.82, 2.24) is 5.32 Å². The predicted octanol–water partition coefficient (Wildman–Crippen LogP) is 4.29. The third kappa shape index (κ3) is 4.49. The molecular weight excluding hydrogens is 325 g/mol. The summed E-state index contributed by atoms with van der Waals surface area (Å²) in [6.07, 6.45) is 0.830. The van der Waals surface area contributed by atoms with E-state index in [9.17, 15) is 4.79 Å². The van der Waals surface area contributed by atoms with Gasteiger partial charge in [0.2, 0.25) is 0 Å². The van der Waals surface area contributed by atoms with Crippen LogP contribution in [0.5, 0.6) is 0 Å². The summed E-state index contributed by atoms with van der Waals surface area (Å²) >= 11 is 15.2. The fourth-order valence-corrected chi connectivity index (χ4v) is 2.71. The maximum absolute atomic E-state index is 12.0. The summed E-state index contributed by atoms with van der Waals surface area (Å²) in [5.41, 5.74) is 0.119. The van der Waals surface area contributed by atoms with Gasteiger partial charge in [-0.15, -0.1) is 0 Å². The second-order valence-corrected chi connectivity index (χ2v) is 6.04. The number of carbonyl (C=O) groups is 1. The van der Waals surface area contributed by atoms with E-state index < -0.39 is 0 Å². The molecule has 0 aromatic heterocycles. The maximum Gasteiger partial charge on any atom is 0.253 e. The third-order valence-electron chi connectivity index (χ3n) is 2.34. The van der Waals surface area contributed by atoms with Crippen LogP contribution >= 0.6 is 39.1 Å². The van der Waals surface area contributed by atoms with Gasteiger partial charge in [0.25, 0.3) is 5.91 Å². The van der Waals surface area contributed by atoms with Crippen LogP contribution in [-0.2, 0) is 0 Å². The number of benzene rings is 1. The summed E-state index contributed by atoms with van der Waals surface area (Å²) in [7, 11) is 0. The molecule has 0 heterocycles. The van der Waals surface area contributed by atoms with E-state index in [1.165, 1.54) is 0 Å². The molecule has 17 heavy (non-hydrogen) atoms.